The SMILES string of the molecule is CC(C)C(C)(OC(=O)C(C)(C)C)C(F)(F)C(=O)[O-]. The summed E-state index contributed by atoms with van der Waals surface area (Å²) in [6.07, 6.45) is 0. The first-order valence-electron chi connectivity index (χ1n) is 5.59. The van der Waals surface area contributed by atoms with Gasteiger partial charge in [0.15, 0.2) is 5.60 Å². The van der Waals surface area contributed by atoms with Gasteiger partial charge in [0.25, 0.3) is 0 Å². The number of hydrogen-bond acceptors (Lipinski definition) is 4. The standard InChI is InChI=1S/C12H20F2O4/c1-7(2)11(6,12(13,14)8(15)16)18-9(17)10(3,4)5/h7H,1-6H3,(H,15,16)/p-1. The Morgan fingerprint density at radius 1 is 1.11 bits per heavy atom. The van der Waals surface area contributed by atoms with Gasteiger partial charge in [-0.3, -0.25) is 4.79 Å². The van der Waals surface area contributed by atoms with Crippen LogP contribution in [0.25, 0.3) is 0 Å². The molecule has 6 heteroatoms. The van der Waals surface area contributed by atoms with Crippen LogP contribution in [0.5, 0.6) is 0 Å². The number of alkyl halides is 2. The van der Waals surface area contributed by atoms with E-state index in [0.717, 1.165) is 6.92 Å². The van der Waals surface area contributed by atoms with Crippen LogP contribution in [-0.2, 0) is 14.3 Å². The average molecular weight is 265 g/mol. The van der Waals surface area contributed by atoms with Gasteiger partial charge in [-0.05, 0) is 33.6 Å². The zero-order chi connectivity index (χ0) is 14.9. The molecular formula is C12H19F2O4-. The Morgan fingerprint density at radius 3 is 1.72 bits per heavy atom. The van der Waals surface area contributed by atoms with E-state index in [1.54, 1.807) is 0 Å². The molecule has 0 aliphatic carbocycles. The van der Waals surface area contributed by atoms with E-state index in [4.69, 9.17) is 4.74 Å². The monoisotopic (exact) mass is 265 g/mol. The van der Waals surface area contributed by atoms with E-state index in [9.17, 15) is 23.5 Å². The molecule has 0 aromatic rings. The molecule has 1 unspecified atom stereocenters. The predicted octanol–water partition coefficient (Wildman–Crippen LogP) is 1.38. The van der Waals surface area contributed by atoms with Crippen LogP contribution in [-0.4, -0.2) is 23.5 Å². The maximum atomic E-state index is 13.7. The minimum absolute atomic E-state index is 0.889. The van der Waals surface area contributed by atoms with E-state index in [1.165, 1.54) is 34.6 Å². The fourth-order valence-corrected chi connectivity index (χ4v) is 1.09. The van der Waals surface area contributed by atoms with E-state index < -0.39 is 34.8 Å². The Hall–Kier alpha value is -1.20. The van der Waals surface area contributed by atoms with E-state index in [0.29, 0.717) is 0 Å². The molecule has 0 saturated heterocycles. The highest BCUT2D eigenvalue weighted by Crippen LogP contribution is 2.39. The Morgan fingerprint density at radius 2 is 1.50 bits per heavy atom. The fourth-order valence-electron chi connectivity index (χ4n) is 1.09. The maximum absolute atomic E-state index is 13.7. The Balaban J connectivity index is 5.45. The van der Waals surface area contributed by atoms with E-state index in [1.807, 2.05) is 0 Å². The van der Waals surface area contributed by atoms with Crippen LogP contribution in [0.4, 0.5) is 8.78 Å². The molecule has 0 aliphatic rings. The summed E-state index contributed by atoms with van der Waals surface area (Å²) in [4.78, 5) is 22.2. The van der Waals surface area contributed by atoms with Crippen molar-refractivity contribution in [2.45, 2.75) is 53.1 Å². The van der Waals surface area contributed by atoms with Gasteiger partial charge in [0.1, 0.15) is 5.97 Å². The first-order chi connectivity index (χ1) is 7.76. The summed E-state index contributed by atoms with van der Waals surface area (Å²) in [6.45, 7) is 8.09. The third-order valence-electron chi connectivity index (χ3n) is 2.90. The van der Waals surface area contributed by atoms with Gasteiger partial charge in [-0.25, -0.2) is 0 Å². The minimum Gasteiger partial charge on any atom is -0.544 e. The first kappa shape index (κ1) is 16.8. The Labute approximate surface area is 105 Å². The number of carboxylic acid groups (broad SMARTS) is 1. The summed E-state index contributed by atoms with van der Waals surface area (Å²) in [7, 11) is 0. The number of carbonyl (C=O) groups is 2. The molecule has 0 heterocycles. The van der Waals surface area contributed by atoms with Crippen LogP contribution >= 0.6 is 0 Å². The second kappa shape index (κ2) is 4.82. The number of carbonyl (C=O) groups excluding carboxylic acids is 2. The molecular weight excluding hydrogens is 246 g/mol. The van der Waals surface area contributed by atoms with Crippen molar-refractivity contribution < 1.29 is 28.2 Å². The molecule has 0 aromatic heterocycles. The maximum Gasteiger partial charge on any atom is 0.325 e. The highest BCUT2D eigenvalue weighted by Gasteiger charge is 2.57. The summed E-state index contributed by atoms with van der Waals surface area (Å²) in [6, 6.07) is 0. The van der Waals surface area contributed by atoms with Crippen molar-refractivity contribution in [1.82, 2.24) is 0 Å². The Kier molecular flexibility index (Phi) is 4.50. The second-order valence-electron chi connectivity index (χ2n) is 5.76. The lowest BCUT2D eigenvalue weighted by Gasteiger charge is -2.41. The molecule has 1 atom stereocenters. The molecule has 18 heavy (non-hydrogen) atoms. The quantitative estimate of drug-likeness (QED) is 0.720. The molecule has 0 radical (unpaired) electrons. The van der Waals surface area contributed by atoms with Gasteiger partial charge in [0.2, 0.25) is 0 Å². The number of carboxylic acids is 1. The van der Waals surface area contributed by atoms with Crippen molar-refractivity contribution in [1.29, 1.82) is 0 Å². The largest absolute Gasteiger partial charge is 0.544 e. The average Bonchev–Trinajstić information content (AvgIpc) is 2.14. The highest BCUT2D eigenvalue weighted by atomic mass is 19.3. The van der Waals surface area contributed by atoms with Gasteiger partial charge in [-0.2, -0.15) is 8.78 Å². The number of aliphatic carboxylic acids is 1. The van der Waals surface area contributed by atoms with Crippen molar-refractivity contribution in [3.8, 4) is 0 Å². The molecule has 0 rings (SSSR count). The smallest absolute Gasteiger partial charge is 0.325 e. The summed E-state index contributed by atoms with van der Waals surface area (Å²) in [5.74, 6) is -8.60. The van der Waals surface area contributed by atoms with Crippen LogP contribution in [0.15, 0.2) is 0 Å². The van der Waals surface area contributed by atoms with Gasteiger partial charge in [-0.1, -0.05) is 13.8 Å². The van der Waals surface area contributed by atoms with Crippen LogP contribution in [0.3, 0.4) is 0 Å². The zero-order valence-corrected chi connectivity index (χ0v) is 11.5. The van der Waals surface area contributed by atoms with E-state index >= 15 is 0 Å². The number of hydrogen-bond donors (Lipinski definition) is 0. The topological polar surface area (TPSA) is 66.4 Å². The molecule has 0 fully saturated rings. The summed E-state index contributed by atoms with van der Waals surface area (Å²) in [5, 5.41) is 10.6. The normalized spacial score (nSPS) is 16.3. The minimum atomic E-state index is -4.26. The van der Waals surface area contributed by atoms with E-state index in [-0.39, 0.29) is 0 Å². The predicted molar refractivity (Wildman–Crippen MR) is 58.7 cm³/mol. The van der Waals surface area contributed by atoms with Crippen molar-refractivity contribution in [2.24, 2.45) is 11.3 Å². The van der Waals surface area contributed by atoms with Crippen molar-refractivity contribution in [3.05, 3.63) is 0 Å². The van der Waals surface area contributed by atoms with Gasteiger partial charge >= 0.3 is 11.9 Å². The summed E-state index contributed by atoms with van der Waals surface area (Å²) < 4.78 is 32.1. The molecule has 4 nitrogen and oxygen atoms in total. The molecule has 0 bridgehead atoms. The lowest BCUT2D eigenvalue weighted by atomic mass is 9.84. The Bertz CT molecular complexity index is 344. The second-order valence-corrected chi connectivity index (χ2v) is 5.76. The zero-order valence-electron chi connectivity index (χ0n) is 11.5. The summed E-state index contributed by atoms with van der Waals surface area (Å²) in [5.41, 5.74) is -3.45. The van der Waals surface area contributed by atoms with Crippen LogP contribution in [0, 0.1) is 11.3 Å². The van der Waals surface area contributed by atoms with Gasteiger partial charge in [-0.15, -0.1) is 0 Å². The van der Waals surface area contributed by atoms with Crippen molar-refractivity contribution >= 4 is 11.9 Å². The van der Waals surface area contributed by atoms with Crippen molar-refractivity contribution in [3.63, 3.8) is 0 Å². The number of halogens is 2. The van der Waals surface area contributed by atoms with Gasteiger partial charge < -0.3 is 14.6 Å². The summed E-state index contributed by atoms with van der Waals surface area (Å²) >= 11 is 0. The molecule has 0 aromatic carbocycles. The van der Waals surface area contributed by atoms with Crippen LogP contribution in [0.1, 0.15) is 41.5 Å². The third-order valence-corrected chi connectivity index (χ3v) is 2.90. The highest BCUT2D eigenvalue weighted by molar-refractivity contribution is 5.79. The first-order valence-corrected chi connectivity index (χ1v) is 5.59. The molecule has 106 valence electrons. The number of rotatable bonds is 4. The molecule has 0 amide bonds. The molecule has 0 aliphatic heterocycles. The fraction of sp³-hybridized carbons (Fsp3) is 0.833. The van der Waals surface area contributed by atoms with Crippen molar-refractivity contribution in [2.75, 3.05) is 0 Å². The van der Waals surface area contributed by atoms with E-state index in [2.05, 4.69) is 0 Å². The molecule has 0 saturated carbocycles. The van der Waals surface area contributed by atoms with Gasteiger partial charge in [0.05, 0.1) is 5.41 Å². The van der Waals surface area contributed by atoms with Crippen LogP contribution < -0.4 is 5.11 Å². The lowest BCUT2D eigenvalue weighted by Crippen LogP contribution is -2.61. The molecule has 0 spiro atoms. The van der Waals surface area contributed by atoms with Crippen LogP contribution in [0.2, 0.25) is 0 Å². The van der Waals surface area contributed by atoms with Gasteiger partial charge in [0, 0.05) is 0 Å². The number of esters is 1. The number of ether oxygens (including phenoxy) is 1. The lowest BCUT2D eigenvalue weighted by molar-refractivity contribution is -0.346. The molecule has 0 N–H and O–H groups in total. The third kappa shape index (κ3) is 2.97.